The number of aldehydes is 1. The van der Waals surface area contributed by atoms with Crippen LogP contribution in [0.5, 0.6) is 0 Å². The number of aromatic nitrogens is 2. The van der Waals surface area contributed by atoms with Crippen molar-refractivity contribution in [2.75, 3.05) is 0 Å². The van der Waals surface area contributed by atoms with Gasteiger partial charge in [0.05, 0.1) is 5.52 Å². The molecule has 78 valence electrons. The van der Waals surface area contributed by atoms with Crippen molar-refractivity contribution in [2.45, 2.75) is 19.9 Å². The van der Waals surface area contributed by atoms with E-state index in [1.54, 1.807) is 6.07 Å². The minimum absolute atomic E-state index is 0.298. The topological polar surface area (TPSA) is 34.9 Å². The van der Waals surface area contributed by atoms with Crippen molar-refractivity contribution < 1.29 is 4.79 Å². The van der Waals surface area contributed by atoms with Gasteiger partial charge in [-0.25, -0.2) is 0 Å². The van der Waals surface area contributed by atoms with Gasteiger partial charge in [-0.15, -0.1) is 0 Å². The third kappa shape index (κ3) is 1.69. The first kappa shape index (κ1) is 10.4. The third-order valence-electron chi connectivity index (χ3n) is 2.28. The highest BCUT2D eigenvalue weighted by Gasteiger charge is 2.10. The van der Waals surface area contributed by atoms with Crippen molar-refractivity contribution in [1.29, 1.82) is 0 Å². The summed E-state index contributed by atoms with van der Waals surface area (Å²) < 4.78 is 2.83. The molecule has 0 N–H and O–H groups in total. The molecule has 0 saturated heterocycles. The lowest BCUT2D eigenvalue weighted by atomic mass is 10.2. The summed E-state index contributed by atoms with van der Waals surface area (Å²) in [7, 11) is 0. The van der Waals surface area contributed by atoms with Crippen LogP contribution in [0.15, 0.2) is 22.8 Å². The second kappa shape index (κ2) is 3.77. The standard InChI is InChI=1S/C11H11BrN2O/c1-7(2)14-11(12)9-5-8(6-15)3-4-10(9)13-14/h3-7H,1-2H3. The van der Waals surface area contributed by atoms with Crippen LogP contribution in [-0.4, -0.2) is 16.1 Å². The summed E-state index contributed by atoms with van der Waals surface area (Å²) in [4.78, 5) is 10.7. The van der Waals surface area contributed by atoms with Crippen molar-refractivity contribution in [3.8, 4) is 0 Å². The number of carbonyl (C=O) groups is 1. The quantitative estimate of drug-likeness (QED) is 0.783. The van der Waals surface area contributed by atoms with Crippen LogP contribution in [0.2, 0.25) is 0 Å². The molecule has 0 aliphatic heterocycles. The molecule has 2 aromatic rings. The molecule has 0 spiro atoms. The number of hydrogen-bond donors (Lipinski definition) is 0. The van der Waals surface area contributed by atoms with Crippen LogP contribution in [0.4, 0.5) is 0 Å². The molecule has 1 heterocycles. The minimum atomic E-state index is 0.298. The summed E-state index contributed by atoms with van der Waals surface area (Å²) in [6.45, 7) is 4.13. The van der Waals surface area contributed by atoms with Crippen molar-refractivity contribution in [2.24, 2.45) is 0 Å². The number of carbonyl (C=O) groups excluding carboxylic acids is 1. The van der Waals surface area contributed by atoms with E-state index in [9.17, 15) is 4.79 Å². The lowest BCUT2D eigenvalue weighted by molar-refractivity contribution is 0.112. The summed E-state index contributed by atoms with van der Waals surface area (Å²) in [5, 5.41) is 5.42. The zero-order valence-electron chi connectivity index (χ0n) is 8.57. The zero-order valence-corrected chi connectivity index (χ0v) is 10.2. The van der Waals surface area contributed by atoms with Gasteiger partial charge in [-0.2, -0.15) is 5.10 Å². The van der Waals surface area contributed by atoms with Gasteiger partial charge in [0.25, 0.3) is 0 Å². The molecule has 2 rings (SSSR count). The molecule has 0 saturated carbocycles. The molecule has 0 amide bonds. The predicted octanol–water partition coefficient (Wildman–Crippen LogP) is 3.19. The van der Waals surface area contributed by atoms with E-state index in [1.807, 2.05) is 16.8 Å². The average molecular weight is 267 g/mol. The Morgan fingerprint density at radius 3 is 2.80 bits per heavy atom. The smallest absolute Gasteiger partial charge is 0.150 e. The number of fused-ring (bicyclic) bond motifs is 1. The van der Waals surface area contributed by atoms with E-state index in [4.69, 9.17) is 0 Å². The van der Waals surface area contributed by atoms with Crippen LogP contribution in [0.25, 0.3) is 10.9 Å². The maximum atomic E-state index is 10.7. The van der Waals surface area contributed by atoms with E-state index < -0.39 is 0 Å². The van der Waals surface area contributed by atoms with Gasteiger partial charge in [0, 0.05) is 17.0 Å². The van der Waals surface area contributed by atoms with Gasteiger partial charge in [-0.05, 0) is 48.0 Å². The lowest BCUT2D eigenvalue weighted by Gasteiger charge is -2.05. The Morgan fingerprint density at radius 2 is 2.20 bits per heavy atom. The van der Waals surface area contributed by atoms with Gasteiger partial charge in [0.2, 0.25) is 0 Å². The fourth-order valence-electron chi connectivity index (χ4n) is 1.50. The fourth-order valence-corrected chi connectivity index (χ4v) is 2.31. The van der Waals surface area contributed by atoms with Gasteiger partial charge < -0.3 is 0 Å². The van der Waals surface area contributed by atoms with Crippen molar-refractivity contribution in [1.82, 2.24) is 9.78 Å². The second-order valence-electron chi connectivity index (χ2n) is 3.72. The highest BCUT2D eigenvalue weighted by atomic mass is 79.9. The molecule has 1 aromatic carbocycles. The van der Waals surface area contributed by atoms with Crippen molar-refractivity contribution in [3.05, 3.63) is 28.4 Å². The molecule has 0 unspecified atom stereocenters. The number of halogens is 1. The summed E-state index contributed by atoms with van der Waals surface area (Å²) in [5.74, 6) is 0. The van der Waals surface area contributed by atoms with Crippen LogP contribution in [0, 0.1) is 0 Å². The summed E-state index contributed by atoms with van der Waals surface area (Å²) in [5.41, 5.74) is 1.58. The second-order valence-corrected chi connectivity index (χ2v) is 4.47. The predicted molar refractivity (Wildman–Crippen MR) is 63.2 cm³/mol. The molecule has 3 nitrogen and oxygen atoms in total. The van der Waals surface area contributed by atoms with Crippen LogP contribution in [0.3, 0.4) is 0 Å². The van der Waals surface area contributed by atoms with E-state index in [-0.39, 0.29) is 0 Å². The monoisotopic (exact) mass is 266 g/mol. The molecule has 0 radical (unpaired) electrons. The van der Waals surface area contributed by atoms with E-state index in [0.717, 1.165) is 21.8 Å². The van der Waals surface area contributed by atoms with Gasteiger partial charge in [0.1, 0.15) is 10.9 Å². The Labute approximate surface area is 96.2 Å². The molecule has 0 bridgehead atoms. The summed E-state index contributed by atoms with van der Waals surface area (Å²) in [6, 6.07) is 5.78. The number of hydrogen-bond acceptors (Lipinski definition) is 2. The van der Waals surface area contributed by atoms with Crippen molar-refractivity contribution >= 4 is 33.1 Å². The van der Waals surface area contributed by atoms with E-state index >= 15 is 0 Å². The first-order valence-electron chi connectivity index (χ1n) is 4.76. The Hall–Kier alpha value is -1.16. The number of rotatable bonds is 2. The third-order valence-corrected chi connectivity index (χ3v) is 3.08. The largest absolute Gasteiger partial charge is 0.298 e. The fraction of sp³-hybridized carbons (Fsp3) is 0.273. The first-order chi connectivity index (χ1) is 7.13. The SMILES string of the molecule is CC(C)n1nc2ccc(C=O)cc2c1Br. The van der Waals surface area contributed by atoms with Crippen molar-refractivity contribution in [3.63, 3.8) is 0 Å². The van der Waals surface area contributed by atoms with Gasteiger partial charge >= 0.3 is 0 Å². The molecule has 0 aliphatic rings. The molecular formula is C11H11BrN2O. The summed E-state index contributed by atoms with van der Waals surface area (Å²) in [6.07, 6.45) is 0.846. The molecule has 1 aromatic heterocycles. The van der Waals surface area contributed by atoms with Crippen LogP contribution in [0.1, 0.15) is 30.2 Å². The summed E-state index contributed by atoms with van der Waals surface area (Å²) >= 11 is 3.50. The highest BCUT2D eigenvalue weighted by molar-refractivity contribution is 9.10. The first-order valence-corrected chi connectivity index (χ1v) is 5.55. The van der Waals surface area contributed by atoms with Gasteiger partial charge in [-0.1, -0.05) is 0 Å². The van der Waals surface area contributed by atoms with E-state index in [1.165, 1.54) is 0 Å². The van der Waals surface area contributed by atoms with Crippen LogP contribution < -0.4 is 0 Å². The lowest BCUT2D eigenvalue weighted by Crippen LogP contribution is -2.02. The molecule has 0 aliphatic carbocycles. The maximum Gasteiger partial charge on any atom is 0.150 e. The zero-order chi connectivity index (χ0) is 11.0. The van der Waals surface area contributed by atoms with E-state index in [2.05, 4.69) is 34.9 Å². The Kier molecular flexibility index (Phi) is 2.61. The molecule has 4 heteroatoms. The van der Waals surface area contributed by atoms with Crippen LogP contribution >= 0.6 is 15.9 Å². The average Bonchev–Trinajstić information content (AvgIpc) is 2.56. The number of benzene rings is 1. The number of nitrogens with zero attached hydrogens (tertiary/aromatic N) is 2. The Bertz CT molecular complexity index is 517. The van der Waals surface area contributed by atoms with Crippen LogP contribution in [-0.2, 0) is 0 Å². The molecule has 15 heavy (non-hydrogen) atoms. The minimum Gasteiger partial charge on any atom is -0.298 e. The van der Waals surface area contributed by atoms with Gasteiger partial charge in [-0.3, -0.25) is 9.48 Å². The molecule has 0 fully saturated rings. The maximum absolute atomic E-state index is 10.7. The Balaban J connectivity index is 2.71. The molecular weight excluding hydrogens is 256 g/mol. The molecule has 0 atom stereocenters. The van der Waals surface area contributed by atoms with Gasteiger partial charge in [0.15, 0.2) is 0 Å². The van der Waals surface area contributed by atoms with E-state index in [0.29, 0.717) is 11.6 Å². The highest BCUT2D eigenvalue weighted by Crippen LogP contribution is 2.26. The normalized spacial score (nSPS) is 11.2. The Morgan fingerprint density at radius 1 is 1.47 bits per heavy atom.